The predicted octanol–water partition coefficient (Wildman–Crippen LogP) is 5.38. The summed E-state index contributed by atoms with van der Waals surface area (Å²) >= 11 is 6.24. The Labute approximate surface area is 155 Å². The molecule has 0 saturated heterocycles. The largest absolute Gasteiger partial charge is 0.443 e. The average molecular weight is 366 g/mol. The van der Waals surface area contributed by atoms with Crippen LogP contribution in [0, 0.1) is 13.8 Å². The molecular weight excluding hydrogens is 350 g/mol. The maximum atomic E-state index is 6.24. The molecule has 0 spiro atoms. The fraction of sp³-hybridized carbons (Fsp3) is 0.105. The first-order chi connectivity index (χ1) is 12.6. The van der Waals surface area contributed by atoms with Gasteiger partial charge in [-0.25, -0.2) is 9.97 Å². The van der Waals surface area contributed by atoms with Crippen molar-refractivity contribution < 1.29 is 4.42 Å². The number of benzene rings is 2. The molecule has 0 radical (unpaired) electrons. The summed E-state index contributed by atoms with van der Waals surface area (Å²) in [7, 11) is 0. The lowest BCUT2D eigenvalue weighted by Crippen LogP contribution is -2.03. The summed E-state index contributed by atoms with van der Waals surface area (Å²) in [5, 5.41) is 7.09. The number of nitrogens with one attached hydrogen (secondary N) is 2. The van der Waals surface area contributed by atoms with Gasteiger partial charge in [0.25, 0.3) is 0 Å². The van der Waals surface area contributed by atoms with E-state index in [9.17, 15) is 0 Å². The van der Waals surface area contributed by atoms with Gasteiger partial charge in [-0.1, -0.05) is 17.7 Å². The maximum absolute atomic E-state index is 6.24. The molecule has 6 nitrogen and oxygen atoms in total. The van der Waals surface area contributed by atoms with E-state index in [-0.39, 0.29) is 0 Å². The van der Waals surface area contributed by atoms with Crippen LogP contribution in [0.3, 0.4) is 0 Å². The van der Waals surface area contributed by atoms with Crippen molar-refractivity contribution in [2.24, 2.45) is 0 Å². The molecule has 2 heterocycles. The van der Waals surface area contributed by atoms with Gasteiger partial charge in [-0.05, 0) is 49.7 Å². The van der Waals surface area contributed by atoms with Gasteiger partial charge in [0, 0.05) is 17.4 Å². The smallest absolute Gasteiger partial charge is 0.229 e. The molecule has 130 valence electrons. The lowest BCUT2D eigenvalue weighted by atomic mass is 10.2. The number of hydrogen-bond acceptors (Lipinski definition) is 6. The highest BCUT2D eigenvalue weighted by Crippen LogP contribution is 2.27. The zero-order valence-corrected chi connectivity index (χ0v) is 15.0. The van der Waals surface area contributed by atoms with Gasteiger partial charge in [-0.3, -0.25) is 0 Å². The predicted molar refractivity (Wildman–Crippen MR) is 104 cm³/mol. The minimum Gasteiger partial charge on any atom is -0.443 e. The van der Waals surface area contributed by atoms with Crippen LogP contribution in [0.2, 0.25) is 5.02 Å². The van der Waals surface area contributed by atoms with E-state index in [1.807, 2.05) is 50.2 Å². The van der Waals surface area contributed by atoms with Crippen molar-refractivity contribution >= 4 is 45.8 Å². The molecule has 0 atom stereocenters. The standard InChI is InChI=1S/C19H16ClN5O/c1-11-3-5-14(20)15(7-11)24-19-21-9-12(2)18(25-19)23-13-4-6-17-16(8-13)22-10-26-17/h3-10H,1-2H3,(H2,21,23,24,25). The number of aromatic nitrogens is 3. The molecule has 0 saturated carbocycles. The highest BCUT2D eigenvalue weighted by Gasteiger charge is 2.08. The summed E-state index contributed by atoms with van der Waals surface area (Å²) in [5.74, 6) is 1.17. The molecule has 4 aromatic rings. The number of aryl methyl sites for hydroxylation is 2. The van der Waals surface area contributed by atoms with Crippen LogP contribution in [0.25, 0.3) is 11.1 Å². The second kappa shape index (κ2) is 6.65. The van der Waals surface area contributed by atoms with Gasteiger partial charge in [0.15, 0.2) is 12.0 Å². The molecule has 0 aliphatic rings. The molecule has 0 aliphatic carbocycles. The Bertz CT molecular complexity index is 1090. The highest BCUT2D eigenvalue weighted by molar-refractivity contribution is 6.33. The third kappa shape index (κ3) is 3.32. The molecule has 2 N–H and O–H groups in total. The van der Waals surface area contributed by atoms with Gasteiger partial charge in [0.2, 0.25) is 5.95 Å². The summed E-state index contributed by atoms with van der Waals surface area (Å²) in [6.45, 7) is 3.95. The van der Waals surface area contributed by atoms with Gasteiger partial charge in [0.05, 0.1) is 10.7 Å². The van der Waals surface area contributed by atoms with Crippen molar-refractivity contribution in [3.63, 3.8) is 0 Å². The zero-order chi connectivity index (χ0) is 18.1. The van der Waals surface area contributed by atoms with E-state index in [1.165, 1.54) is 6.39 Å². The van der Waals surface area contributed by atoms with Crippen LogP contribution >= 0.6 is 11.6 Å². The fourth-order valence-electron chi connectivity index (χ4n) is 2.56. The number of rotatable bonds is 4. The lowest BCUT2D eigenvalue weighted by molar-refractivity contribution is 0.602. The van der Waals surface area contributed by atoms with E-state index >= 15 is 0 Å². The van der Waals surface area contributed by atoms with Crippen molar-refractivity contribution in [2.75, 3.05) is 10.6 Å². The van der Waals surface area contributed by atoms with Crippen LogP contribution in [0.15, 0.2) is 53.4 Å². The van der Waals surface area contributed by atoms with Crippen LogP contribution in [0.1, 0.15) is 11.1 Å². The lowest BCUT2D eigenvalue weighted by Gasteiger charge is -2.12. The Kier molecular flexibility index (Phi) is 4.18. The minimum absolute atomic E-state index is 0.466. The number of anilines is 4. The normalized spacial score (nSPS) is 10.9. The van der Waals surface area contributed by atoms with Gasteiger partial charge < -0.3 is 15.1 Å². The monoisotopic (exact) mass is 365 g/mol. The summed E-state index contributed by atoms with van der Waals surface area (Å²) in [5.41, 5.74) is 5.19. The number of nitrogens with zero attached hydrogens (tertiary/aromatic N) is 3. The first kappa shape index (κ1) is 16.4. The van der Waals surface area contributed by atoms with E-state index < -0.39 is 0 Å². The van der Waals surface area contributed by atoms with E-state index in [4.69, 9.17) is 16.0 Å². The topological polar surface area (TPSA) is 75.9 Å². The first-order valence-corrected chi connectivity index (χ1v) is 8.43. The Morgan fingerprint density at radius 1 is 1.00 bits per heavy atom. The van der Waals surface area contributed by atoms with E-state index in [0.29, 0.717) is 16.8 Å². The average Bonchev–Trinajstić information content (AvgIpc) is 3.09. The SMILES string of the molecule is Cc1ccc(Cl)c(Nc2ncc(C)c(Nc3ccc4ocnc4c3)n2)c1. The van der Waals surface area contributed by atoms with Gasteiger partial charge in [0.1, 0.15) is 11.3 Å². The summed E-state index contributed by atoms with van der Waals surface area (Å²) in [4.78, 5) is 13.1. The third-order valence-electron chi connectivity index (χ3n) is 3.93. The number of oxazole rings is 1. The van der Waals surface area contributed by atoms with Crippen molar-refractivity contribution in [3.05, 3.63) is 65.1 Å². The van der Waals surface area contributed by atoms with Crippen molar-refractivity contribution in [1.82, 2.24) is 15.0 Å². The molecule has 2 aromatic carbocycles. The van der Waals surface area contributed by atoms with E-state index in [1.54, 1.807) is 6.20 Å². The zero-order valence-electron chi connectivity index (χ0n) is 14.2. The Morgan fingerprint density at radius 2 is 1.88 bits per heavy atom. The number of halogens is 1. The Morgan fingerprint density at radius 3 is 2.77 bits per heavy atom. The van der Waals surface area contributed by atoms with Crippen LogP contribution in [0.5, 0.6) is 0 Å². The second-order valence-corrected chi connectivity index (χ2v) is 6.40. The van der Waals surface area contributed by atoms with Crippen molar-refractivity contribution in [3.8, 4) is 0 Å². The summed E-state index contributed by atoms with van der Waals surface area (Å²) in [6.07, 6.45) is 3.19. The van der Waals surface area contributed by atoms with E-state index in [0.717, 1.165) is 33.6 Å². The minimum atomic E-state index is 0.466. The third-order valence-corrected chi connectivity index (χ3v) is 4.26. The summed E-state index contributed by atoms with van der Waals surface area (Å²) < 4.78 is 5.27. The second-order valence-electron chi connectivity index (χ2n) is 5.99. The van der Waals surface area contributed by atoms with Crippen LogP contribution in [-0.4, -0.2) is 15.0 Å². The Hall–Kier alpha value is -3.12. The highest BCUT2D eigenvalue weighted by atomic mass is 35.5. The molecule has 2 aromatic heterocycles. The molecule has 0 amide bonds. The van der Waals surface area contributed by atoms with Gasteiger partial charge >= 0.3 is 0 Å². The molecular formula is C19H16ClN5O. The summed E-state index contributed by atoms with van der Waals surface area (Å²) in [6, 6.07) is 11.4. The molecule has 26 heavy (non-hydrogen) atoms. The fourth-order valence-corrected chi connectivity index (χ4v) is 2.72. The van der Waals surface area contributed by atoms with E-state index in [2.05, 4.69) is 25.6 Å². The first-order valence-electron chi connectivity index (χ1n) is 8.05. The maximum Gasteiger partial charge on any atom is 0.229 e. The van der Waals surface area contributed by atoms with Gasteiger partial charge in [-0.2, -0.15) is 4.98 Å². The van der Waals surface area contributed by atoms with Crippen molar-refractivity contribution in [2.45, 2.75) is 13.8 Å². The number of hydrogen-bond donors (Lipinski definition) is 2. The molecule has 0 fully saturated rings. The Balaban J connectivity index is 1.62. The quantitative estimate of drug-likeness (QED) is 0.506. The van der Waals surface area contributed by atoms with Crippen molar-refractivity contribution in [1.29, 1.82) is 0 Å². The molecule has 7 heteroatoms. The molecule has 0 aliphatic heterocycles. The van der Waals surface area contributed by atoms with Crippen LogP contribution < -0.4 is 10.6 Å². The van der Waals surface area contributed by atoms with Crippen LogP contribution in [0.4, 0.5) is 23.1 Å². The molecule has 0 bridgehead atoms. The molecule has 4 rings (SSSR count). The number of fused-ring (bicyclic) bond motifs is 1. The van der Waals surface area contributed by atoms with Gasteiger partial charge in [-0.15, -0.1) is 0 Å². The molecule has 0 unspecified atom stereocenters. The van der Waals surface area contributed by atoms with Crippen LogP contribution in [-0.2, 0) is 0 Å².